The van der Waals surface area contributed by atoms with Crippen LogP contribution in [0.15, 0.2) is 24.3 Å². The van der Waals surface area contributed by atoms with Crippen LogP contribution in [0, 0.1) is 0 Å². The van der Waals surface area contributed by atoms with Crippen molar-refractivity contribution >= 4 is 0 Å². The summed E-state index contributed by atoms with van der Waals surface area (Å²) < 4.78 is 0. The van der Waals surface area contributed by atoms with Gasteiger partial charge in [-0.15, -0.1) is 0 Å². The zero-order valence-electron chi connectivity index (χ0n) is 10.7. The highest BCUT2D eigenvalue weighted by Crippen LogP contribution is 2.39. The lowest BCUT2D eigenvalue weighted by Crippen LogP contribution is -2.38. The lowest BCUT2D eigenvalue weighted by Gasteiger charge is -2.31. The third-order valence-corrected chi connectivity index (χ3v) is 4.36. The quantitative estimate of drug-likeness (QED) is 0.857. The fraction of sp³-hybridized carbons (Fsp3) is 0.600. The molecule has 0 aromatic heterocycles. The Morgan fingerprint density at radius 3 is 3.06 bits per heavy atom. The molecule has 2 unspecified atom stereocenters. The van der Waals surface area contributed by atoms with Gasteiger partial charge in [-0.3, -0.25) is 4.90 Å². The van der Waals surface area contributed by atoms with Crippen molar-refractivity contribution in [3.63, 3.8) is 0 Å². The Balaban J connectivity index is 1.81. The molecule has 0 bridgehead atoms. The van der Waals surface area contributed by atoms with Gasteiger partial charge in [0.1, 0.15) is 0 Å². The van der Waals surface area contributed by atoms with E-state index in [9.17, 15) is 0 Å². The first-order chi connectivity index (χ1) is 8.40. The second kappa shape index (κ2) is 4.79. The Labute approximate surface area is 104 Å². The van der Waals surface area contributed by atoms with Crippen molar-refractivity contribution in [2.24, 2.45) is 0 Å². The van der Waals surface area contributed by atoms with E-state index in [0.717, 1.165) is 12.6 Å². The van der Waals surface area contributed by atoms with Crippen LogP contribution in [0.5, 0.6) is 0 Å². The first-order valence-corrected chi connectivity index (χ1v) is 6.88. The van der Waals surface area contributed by atoms with E-state index in [1.54, 1.807) is 11.1 Å². The number of hydrogen-bond acceptors (Lipinski definition) is 2. The van der Waals surface area contributed by atoms with Gasteiger partial charge in [0, 0.05) is 18.6 Å². The number of likely N-dealkylation sites (tertiary alicyclic amines) is 1. The maximum Gasteiger partial charge on any atom is 0.0357 e. The molecule has 1 saturated heterocycles. The highest BCUT2D eigenvalue weighted by molar-refractivity contribution is 5.34. The molecule has 2 atom stereocenters. The fourth-order valence-corrected chi connectivity index (χ4v) is 3.60. The molecule has 2 heteroatoms. The van der Waals surface area contributed by atoms with Crippen LogP contribution in [-0.2, 0) is 6.42 Å². The Kier molecular flexibility index (Phi) is 3.17. The summed E-state index contributed by atoms with van der Waals surface area (Å²) in [5.74, 6) is 0. The molecule has 0 amide bonds. The third-order valence-electron chi connectivity index (χ3n) is 4.36. The Bertz CT molecular complexity index is 388. The monoisotopic (exact) mass is 230 g/mol. The van der Waals surface area contributed by atoms with E-state index in [1.165, 1.54) is 32.2 Å². The normalized spacial score (nSPS) is 28.5. The predicted molar refractivity (Wildman–Crippen MR) is 71.2 cm³/mol. The van der Waals surface area contributed by atoms with Crippen molar-refractivity contribution in [3.05, 3.63) is 35.4 Å². The molecule has 1 heterocycles. The summed E-state index contributed by atoms with van der Waals surface area (Å²) in [6, 6.07) is 10.4. The Morgan fingerprint density at radius 2 is 2.18 bits per heavy atom. The van der Waals surface area contributed by atoms with Gasteiger partial charge in [0.25, 0.3) is 0 Å². The number of benzene rings is 1. The largest absolute Gasteiger partial charge is 0.318 e. The average Bonchev–Trinajstić information content (AvgIpc) is 2.95. The minimum Gasteiger partial charge on any atom is -0.318 e. The van der Waals surface area contributed by atoms with E-state index in [1.807, 2.05) is 0 Å². The molecule has 3 rings (SSSR count). The van der Waals surface area contributed by atoms with Crippen LogP contribution in [0.3, 0.4) is 0 Å². The van der Waals surface area contributed by atoms with Crippen molar-refractivity contribution in [1.82, 2.24) is 10.2 Å². The molecule has 0 spiro atoms. The standard InChI is InChI=1S/C15H22N2/c1-16-11-13-6-4-10-17(13)15-9-8-12-5-2-3-7-14(12)15/h2-3,5,7,13,15-16H,4,6,8-11H2,1H3. The first-order valence-electron chi connectivity index (χ1n) is 6.88. The van der Waals surface area contributed by atoms with Crippen molar-refractivity contribution in [2.45, 2.75) is 37.8 Å². The molecule has 1 aliphatic carbocycles. The lowest BCUT2D eigenvalue weighted by atomic mass is 10.1. The number of hydrogen-bond donors (Lipinski definition) is 1. The van der Waals surface area contributed by atoms with Gasteiger partial charge in [-0.2, -0.15) is 0 Å². The van der Waals surface area contributed by atoms with Crippen molar-refractivity contribution < 1.29 is 0 Å². The topological polar surface area (TPSA) is 15.3 Å². The van der Waals surface area contributed by atoms with Gasteiger partial charge in [-0.05, 0) is 50.4 Å². The summed E-state index contributed by atoms with van der Waals surface area (Å²) in [7, 11) is 2.07. The number of rotatable bonds is 3. The summed E-state index contributed by atoms with van der Waals surface area (Å²) in [6.07, 6.45) is 5.31. The van der Waals surface area contributed by atoms with Gasteiger partial charge in [0.05, 0.1) is 0 Å². The molecule has 2 nitrogen and oxygen atoms in total. The van der Waals surface area contributed by atoms with E-state index < -0.39 is 0 Å². The number of nitrogens with one attached hydrogen (secondary N) is 1. The van der Waals surface area contributed by atoms with Crippen LogP contribution in [0.1, 0.15) is 36.4 Å². The zero-order valence-corrected chi connectivity index (χ0v) is 10.7. The second-order valence-corrected chi connectivity index (χ2v) is 5.34. The lowest BCUT2D eigenvalue weighted by molar-refractivity contribution is 0.178. The number of likely N-dealkylation sites (N-methyl/N-ethyl adjacent to an activating group) is 1. The maximum absolute atomic E-state index is 3.35. The molecule has 2 aliphatic rings. The van der Waals surface area contributed by atoms with Crippen LogP contribution >= 0.6 is 0 Å². The van der Waals surface area contributed by atoms with Crippen molar-refractivity contribution in [2.75, 3.05) is 20.1 Å². The molecule has 17 heavy (non-hydrogen) atoms. The molecular weight excluding hydrogens is 208 g/mol. The van der Waals surface area contributed by atoms with E-state index in [-0.39, 0.29) is 0 Å². The smallest absolute Gasteiger partial charge is 0.0357 e. The summed E-state index contributed by atoms with van der Waals surface area (Å²) in [5, 5.41) is 3.35. The van der Waals surface area contributed by atoms with Crippen LogP contribution < -0.4 is 5.32 Å². The van der Waals surface area contributed by atoms with Crippen molar-refractivity contribution in [1.29, 1.82) is 0 Å². The average molecular weight is 230 g/mol. The molecule has 92 valence electrons. The highest BCUT2D eigenvalue weighted by atomic mass is 15.2. The minimum absolute atomic E-state index is 0.687. The molecule has 1 N–H and O–H groups in total. The van der Waals surface area contributed by atoms with Gasteiger partial charge >= 0.3 is 0 Å². The van der Waals surface area contributed by atoms with E-state index in [4.69, 9.17) is 0 Å². The molecule has 1 aromatic rings. The number of aryl methyl sites for hydroxylation is 1. The molecule has 1 aromatic carbocycles. The summed E-state index contributed by atoms with van der Waals surface area (Å²) in [5.41, 5.74) is 3.17. The SMILES string of the molecule is CNCC1CCCN1C1CCc2ccccc21. The molecular formula is C15H22N2. The maximum atomic E-state index is 3.35. The second-order valence-electron chi connectivity index (χ2n) is 5.34. The van der Waals surface area contributed by atoms with Crippen molar-refractivity contribution in [3.8, 4) is 0 Å². The predicted octanol–water partition coefficient (Wildman–Crippen LogP) is 2.36. The minimum atomic E-state index is 0.687. The van der Waals surface area contributed by atoms with Gasteiger partial charge < -0.3 is 5.32 Å². The first kappa shape index (κ1) is 11.2. The van der Waals surface area contributed by atoms with Gasteiger partial charge in [-0.25, -0.2) is 0 Å². The summed E-state index contributed by atoms with van der Waals surface area (Å²) in [6.45, 7) is 2.42. The van der Waals surface area contributed by atoms with E-state index in [0.29, 0.717) is 6.04 Å². The highest BCUT2D eigenvalue weighted by Gasteiger charge is 2.34. The third kappa shape index (κ3) is 2.00. The van der Waals surface area contributed by atoms with Gasteiger partial charge in [-0.1, -0.05) is 24.3 Å². The van der Waals surface area contributed by atoms with E-state index in [2.05, 4.69) is 41.5 Å². The molecule has 1 aliphatic heterocycles. The molecule has 0 saturated carbocycles. The van der Waals surface area contributed by atoms with Crippen LogP contribution in [0.2, 0.25) is 0 Å². The summed E-state index contributed by atoms with van der Waals surface area (Å²) in [4.78, 5) is 2.74. The number of fused-ring (bicyclic) bond motifs is 1. The van der Waals surface area contributed by atoms with Gasteiger partial charge in [0.15, 0.2) is 0 Å². The Morgan fingerprint density at radius 1 is 1.29 bits per heavy atom. The molecule has 0 radical (unpaired) electrons. The van der Waals surface area contributed by atoms with Crippen LogP contribution in [0.4, 0.5) is 0 Å². The van der Waals surface area contributed by atoms with Crippen LogP contribution in [0.25, 0.3) is 0 Å². The zero-order chi connectivity index (χ0) is 11.7. The molecule has 1 fully saturated rings. The van der Waals surface area contributed by atoms with Gasteiger partial charge in [0.2, 0.25) is 0 Å². The fourth-order valence-electron chi connectivity index (χ4n) is 3.60. The summed E-state index contributed by atoms with van der Waals surface area (Å²) >= 11 is 0. The van der Waals surface area contributed by atoms with Crippen LogP contribution in [-0.4, -0.2) is 31.1 Å². The van der Waals surface area contributed by atoms with E-state index >= 15 is 0 Å². The number of nitrogens with zero attached hydrogens (tertiary/aromatic N) is 1. The Hall–Kier alpha value is -0.860.